The lowest BCUT2D eigenvalue weighted by Gasteiger charge is -2.32. The summed E-state index contributed by atoms with van der Waals surface area (Å²) < 4.78 is 0. The molecule has 2 amide bonds. The molecule has 1 fully saturated rings. The van der Waals surface area contributed by atoms with Gasteiger partial charge in [0.15, 0.2) is 0 Å². The van der Waals surface area contributed by atoms with Crippen LogP contribution in [-0.4, -0.2) is 40.0 Å². The number of rotatable bonds is 4. The van der Waals surface area contributed by atoms with Crippen molar-refractivity contribution in [1.82, 2.24) is 9.88 Å². The zero-order valence-electron chi connectivity index (χ0n) is 13.6. The van der Waals surface area contributed by atoms with Crippen LogP contribution < -0.4 is 5.73 Å². The van der Waals surface area contributed by atoms with E-state index in [9.17, 15) is 9.59 Å². The molecule has 126 valence electrons. The minimum atomic E-state index is -0.314. The van der Waals surface area contributed by atoms with Crippen LogP contribution in [0.25, 0.3) is 10.9 Å². The summed E-state index contributed by atoms with van der Waals surface area (Å²) in [6, 6.07) is 9.91. The third-order valence-electron chi connectivity index (χ3n) is 4.38. The van der Waals surface area contributed by atoms with Gasteiger partial charge < -0.3 is 10.6 Å². The number of aromatic nitrogens is 1. The highest BCUT2D eigenvalue weighted by Crippen LogP contribution is 2.31. The molecule has 0 unspecified atom stereocenters. The molecule has 5 nitrogen and oxygen atoms in total. The van der Waals surface area contributed by atoms with Gasteiger partial charge in [-0.25, -0.2) is 0 Å². The van der Waals surface area contributed by atoms with Crippen LogP contribution >= 0.6 is 11.8 Å². The molecule has 2 N–H and O–H groups in total. The third kappa shape index (κ3) is 3.53. The molecule has 2 aromatic rings. The lowest BCUT2D eigenvalue weighted by molar-refractivity contribution is -0.134. The van der Waals surface area contributed by atoms with Gasteiger partial charge in [-0.1, -0.05) is 18.2 Å². The SMILES string of the molecule is C[C@H](Sc1cccc2cccnc12)C(=O)N1CCC[C@@H](C(N)=O)C1. The lowest BCUT2D eigenvalue weighted by Crippen LogP contribution is -2.46. The van der Waals surface area contributed by atoms with E-state index in [1.165, 1.54) is 11.8 Å². The number of pyridine rings is 1. The first-order chi connectivity index (χ1) is 11.6. The second-order valence-electron chi connectivity index (χ2n) is 6.12. The largest absolute Gasteiger partial charge is 0.369 e. The van der Waals surface area contributed by atoms with Gasteiger partial charge in [-0.05, 0) is 31.9 Å². The number of benzene rings is 1. The minimum Gasteiger partial charge on any atom is -0.369 e. The molecule has 1 saturated heterocycles. The summed E-state index contributed by atoms with van der Waals surface area (Å²) in [6.07, 6.45) is 3.36. The zero-order chi connectivity index (χ0) is 17.1. The number of carbonyl (C=O) groups excluding carboxylic acids is 2. The van der Waals surface area contributed by atoms with Crippen molar-refractivity contribution in [1.29, 1.82) is 0 Å². The maximum absolute atomic E-state index is 12.7. The number of piperidine rings is 1. The summed E-state index contributed by atoms with van der Waals surface area (Å²) in [4.78, 5) is 31.3. The number of hydrogen-bond acceptors (Lipinski definition) is 4. The highest BCUT2D eigenvalue weighted by atomic mass is 32.2. The Bertz CT molecular complexity index is 760. The summed E-state index contributed by atoms with van der Waals surface area (Å²) in [7, 11) is 0. The molecule has 6 heteroatoms. The number of fused-ring (bicyclic) bond motifs is 1. The fourth-order valence-electron chi connectivity index (χ4n) is 3.08. The van der Waals surface area contributed by atoms with Crippen molar-refractivity contribution >= 4 is 34.5 Å². The maximum Gasteiger partial charge on any atom is 0.235 e. The number of nitrogens with zero attached hydrogens (tertiary/aromatic N) is 2. The van der Waals surface area contributed by atoms with Crippen LogP contribution in [0.4, 0.5) is 0 Å². The van der Waals surface area contributed by atoms with E-state index in [2.05, 4.69) is 4.98 Å². The summed E-state index contributed by atoms with van der Waals surface area (Å²) in [5.41, 5.74) is 6.32. The van der Waals surface area contributed by atoms with Gasteiger partial charge >= 0.3 is 0 Å². The third-order valence-corrected chi connectivity index (χ3v) is 5.52. The van der Waals surface area contributed by atoms with Crippen molar-refractivity contribution in [3.8, 4) is 0 Å². The van der Waals surface area contributed by atoms with Gasteiger partial charge in [0.2, 0.25) is 11.8 Å². The standard InChI is InChI=1S/C18H21N3O2S/c1-12(18(23)21-10-4-7-14(11-21)17(19)22)24-15-8-2-5-13-6-3-9-20-16(13)15/h2-3,5-6,8-9,12,14H,4,7,10-11H2,1H3,(H2,19,22)/t12-,14+/m0/s1. The predicted molar refractivity (Wildman–Crippen MR) is 95.6 cm³/mol. The van der Waals surface area contributed by atoms with Gasteiger partial charge in [-0.15, -0.1) is 11.8 Å². The Morgan fingerprint density at radius 3 is 2.92 bits per heavy atom. The monoisotopic (exact) mass is 343 g/mol. The molecule has 2 atom stereocenters. The van der Waals surface area contributed by atoms with E-state index in [-0.39, 0.29) is 23.0 Å². The summed E-state index contributed by atoms with van der Waals surface area (Å²) in [5.74, 6) is -0.482. The molecule has 24 heavy (non-hydrogen) atoms. The first-order valence-electron chi connectivity index (χ1n) is 8.15. The Balaban J connectivity index is 1.73. The highest BCUT2D eigenvalue weighted by molar-refractivity contribution is 8.00. The van der Waals surface area contributed by atoms with E-state index in [0.29, 0.717) is 13.1 Å². The first-order valence-corrected chi connectivity index (χ1v) is 9.02. The van der Waals surface area contributed by atoms with Crippen molar-refractivity contribution in [3.63, 3.8) is 0 Å². The molecule has 1 aliphatic heterocycles. The topological polar surface area (TPSA) is 76.3 Å². The van der Waals surface area contributed by atoms with E-state index in [0.717, 1.165) is 28.6 Å². The number of nitrogens with two attached hydrogens (primary N) is 1. The number of hydrogen-bond donors (Lipinski definition) is 1. The van der Waals surface area contributed by atoms with Crippen LogP contribution in [0.5, 0.6) is 0 Å². The van der Waals surface area contributed by atoms with Crippen LogP contribution in [0, 0.1) is 5.92 Å². The smallest absolute Gasteiger partial charge is 0.235 e. The highest BCUT2D eigenvalue weighted by Gasteiger charge is 2.29. The first kappa shape index (κ1) is 16.8. The van der Waals surface area contributed by atoms with E-state index >= 15 is 0 Å². The molecular formula is C18H21N3O2S. The van der Waals surface area contributed by atoms with Crippen molar-refractivity contribution < 1.29 is 9.59 Å². The molecule has 1 aliphatic rings. The van der Waals surface area contributed by atoms with Crippen LogP contribution in [0.1, 0.15) is 19.8 Å². The van der Waals surface area contributed by atoms with E-state index in [1.807, 2.05) is 37.3 Å². The number of para-hydroxylation sites is 1. The Hall–Kier alpha value is -2.08. The second kappa shape index (κ2) is 7.21. The lowest BCUT2D eigenvalue weighted by atomic mass is 9.97. The molecule has 0 bridgehead atoms. The second-order valence-corrected chi connectivity index (χ2v) is 7.50. The van der Waals surface area contributed by atoms with Crippen LogP contribution in [0.3, 0.4) is 0 Å². The van der Waals surface area contributed by atoms with Gasteiger partial charge in [0, 0.05) is 29.6 Å². The molecule has 0 radical (unpaired) electrons. The average molecular weight is 343 g/mol. The molecule has 1 aromatic heterocycles. The summed E-state index contributed by atoms with van der Waals surface area (Å²) in [6.45, 7) is 3.04. The number of amides is 2. The molecule has 1 aromatic carbocycles. The van der Waals surface area contributed by atoms with Crippen LogP contribution in [0.15, 0.2) is 41.4 Å². The number of carbonyl (C=O) groups is 2. The van der Waals surface area contributed by atoms with E-state index in [4.69, 9.17) is 5.73 Å². The Morgan fingerprint density at radius 2 is 2.12 bits per heavy atom. The van der Waals surface area contributed by atoms with Crippen LogP contribution in [-0.2, 0) is 9.59 Å². The van der Waals surface area contributed by atoms with Crippen LogP contribution in [0.2, 0.25) is 0 Å². The van der Waals surface area contributed by atoms with Gasteiger partial charge in [-0.2, -0.15) is 0 Å². The molecule has 0 aliphatic carbocycles. The Kier molecular flexibility index (Phi) is 5.04. The van der Waals surface area contributed by atoms with Gasteiger partial charge in [-0.3, -0.25) is 14.6 Å². The van der Waals surface area contributed by atoms with Gasteiger partial charge in [0.1, 0.15) is 0 Å². The number of thioether (sulfide) groups is 1. The quantitative estimate of drug-likeness (QED) is 0.865. The maximum atomic E-state index is 12.7. The number of primary amides is 1. The van der Waals surface area contributed by atoms with E-state index in [1.54, 1.807) is 11.1 Å². The van der Waals surface area contributed by atoms with Crippen molar-refractivity contribution in [2.24, 2.45) is 11.7 Å². The fraction of sp³-hybridized carbons (Fsp3) is 0.389. The fourth-order valence-corrected chi connectivity index (χ4v) is 4.15. The Morgan fingerprint density at radius 1 is 1.33 bits per heavy atom. The molecule has 0 saturated carbocycles. The molecule has 2 heterocycles. The Labute approximate surface area is 145 Å². The van der Waals surface area contributed by atoms with Crippen molar-refractivity contribution in [2.75, 3.05) is 13.1 Å². The van der Waals surface area contributed by atoms with Gasteiger partial charge in [0.25, 0.3) is 0 Å². The molecule has 3 rings (SSSR count). The molecular weight excluding hydrogens is 322 g/mol. The van der Waals surface area contributed by atoms with E-state index < -0.39 is 0 Å². The minimum absolute atomic E-state index is 0.0545. The van der Waals surface area contributed by atoms with Crippen molar-refractivity contribution in [2.45, 2.75) is 29.9 Å². The summed E-state index contributed by atoms with van der Waals surface area (Å²) in [5, 5.41) is 0.832. The predicted octanol–water partition coefficient (Wildman–Crippen LogP) is 2.44. The van der Waals surface area contributed by atoms with Crippen molar-refractivity contribution in [3.05, 3.63) is 36.5 Å². The molecule has 0 spiro atoms. The summed E-state index contributed by atoms with van der Waals surface area (Å²) >= 11 is 1.51. The van der Waals surface area contributed by atoms with Gasteiger partial charge in [0.05, 0.1) is 16.7 Å². The number of likely N-dealkylation sites (tertiary alicyclic amines) is 1. The zero-order valence-corrected chi connectivity index (χ0v) is 14.5. The average Bonchev–Trinajstić information content (AvgIpc) is 2.61. The normalized spacial score (nSPS) is 19.2.